The molecule has 0 aromatic rings. The van der Waals surface area contributed by atoms with Gasteiger partial charge in [0, 0.05) is 19.3 Å². The number of aliphatic hydroxyl groups excluding tert-OH is 2. The third-order valence-electron chi connectivity index (χ3n) is 17.5. The summed E-state index contributed by atoms with van der Waals surface area (Å²) in [5.74, 6) is -1.59. The zero-order valence-corrected chi connectivity index (χ0v) is 69.1. The summed E-state index contributed by atoms with van der Waals surface area (Å²) < 4.78 is 61.3. The summed E-state index contributed by atoms with van der Waals surface area (Å²) >= 11 is 0. The van der Waals surface area contributed by atoms with Crippen LogP contribution in [-0.2, 0) is 55.8 Å². The van der Waals surface area contributed by atoms with Gasteiger partial charge in [0.05, 0.1) is 26.4 Å². The largest absolute Gasteiger partial charge is 0.472 e. The molecular formula is C89H152O16P2. The standard InChI is InChI=1S/C89H152O16P2/c1-4-7-10-13-16-19-22-25-28-30-32-34-36-38-40-41-43-45-46-48-50-52-55-57-60-63-66-69-72-75-87(92)99-78-84(90)79-101-106(95,96)102-80-85(91)81-103-107(97,98)104-83-86(105-89(94)77-74-71-68-65-62-59-54-27-24-21-18-15-12-9-6-3)82-100-88(93)76-73-70-67-64-61-58-56-53-51-49-47-44-42-39-37-35-33-31-29-26-23-20-17-14-11-8-5-2/h7-8,10-11,16-21,25-29,32-35,38-40,42,54,84-86,90-91H,4-6,9,12-15,22-24,30-31,36-37,41,43-53,55-83H2,1-3H3,(H,95,96)(H,97,98)/b10-7-,11-8-,19-16-,20-17-,21-18-,28-25-,29-26-,34-32-,35-33-,40-38-,42-39-,54-27-. The fraction of sp³-hybridized carbons (Fsp3) is 0.697. The van der Waals surface area contributed by atoms with Gasteiger partial charge in [-0.25, -0.2) is 9.13 Å². The predicted octanol–water partition coefficient (Wildman–Crippen LogP) is 25.2. The van der Waals surface area contributed by atoms with Crippen molar-refractivity contribution in [2.45, 2.75) is 360 Å². The molecule has 0 bridgehead atoms. The van der Waals surface area contributed by atoms with E-state index in [4.69, 9.17) is 32.3 Å². The van der Waals surface area contributed by atoms with E-state index >= 15 is 0 Å². The van der Waals surface area contributed by atoms with E-state index < -0.39 is 91.5 Å². The Morgan fingerprint density at radius 2 is 0.495 bits per heavy atom. The molecule has 4 N–H and O–H groups in total. The van der Waals surface area contributed by atoms with Crippen LogP contribution in [0.4, 0.5) is 0 Å². The number of rotatable bonds is 79. The molecule has 5 atom stereocenters. The predicted molar refractivity (Wildman–Crippen MR) is 445 cm³/mol. The minimum Gasteiger partial charge on any atom is -0.463 e. The second-order valence-electron chi connectivity index (χ2n) is 27.9. The molecule has 0 rings (SSSR count). The van der Waals surface area contributed by atoms with E-state index in [0.29, 0.717) is 19.3 Å². The molecule has 0 aromatic carbocycles. The van der Waals surface area contributed by atoms with Crippen LogP contribution in [0.3, 0.4) is 0 Å². The van der Waals surface area contributed by atoms with Crippen molar-refractivity contribution in [1.82, 2.24) is 0 Å². The molecule has 0 amide bonds. The summed E-state index contributed by atoms with van der Waals surface area (Å²) in [5.41, 5.74) is 0. The van der Waals surface area contributed by atoms with Crippen molar-refractivity contribution in [3.63, 3.8) is 0 Å². The van der Waals surface area contributed by atoms with Crippen LogP contribution in [0.15, 0.2) is 146 Å². The van der Waals surface area contributed by atoms with E-state index in [1.165, 1.54) is 116 Å². The van der Waals surface area contributed by atoms with Crippen LogP contribution in [0.5, 0.6) is 0 Å². The monoisotopic (exact) mass is 1540 g/mol. The van der Waals surface area contributed by atoms with Gasteiger partial charge in [-0.15, -0.1) is 0 Å². The summed E-state index contributed by atoms with van der Waals surface area (Å²) in [5, 5.41) is 20.7. The van der Waals surface area contributed by atoms with Gasteiger partial charge < -0.3 is 34.2 Å². The number of hydrogen-bond acceptors (Lipinski definition) is 14. The number of carbonyl (C=O) groups excluding carboxylic acids is 3. The first-order valence-corrected chi connectivity index (χ1v) is 45.1. The fourth-order valence-corrected chi connectivity index (χ4v) is 12.8. The first kappa shape index (κ1) is 102. The number of hydrogen-bond donors (Lipinski definition) is 4. The van der Waals surface area contributed by atoms with Gasteiger partial charge in [0.25, 0.3) is 0 Å². The van der Waals surface area contributed by atoms with Crippen LogP contribution in [0.1, 0.15) is 342 Å². The van der Waals surface area contributed by atoms with Crippen molar-refractivity contribution >= 4 is 33.6 Å². The van der Waals surface area contributed by atoms with E-state index in [2.05, 4.69) is 167 Å². The molecule has 0 aliphatic rings. The Balaban J connectivity index is 4.53. The highest BCUT2D eigenvalue weighted by Gasteiger charge is 2.29. The number of carbonyl (C=O) groups is 3. The highest BCUT2D eigenvalue weighted by atomic mass is 31.2. The first-order valence-electron chi connectivity index (χ1n) is 42.1. The number of esters is 3. The molecule has 16 nitrogen and oxygen atoms in total. The maximum Gasteiger partial charge on any atom is 0.472 e. The topological polar surface area (TPSA) is 231 Å². The van der Waals surface area contributed by atoms with Crippen LogP contribution < -0.4 is 0 Å². The van der Waals surface area contributed by atoms with Crippen LogP contribution in [0, 0.1) is 0 Å². The summed E-state index contributed by atoms with van der Waals surface area (Å²) in [6.07, 6.45) is 100. The van der Waals surface area contributed by atoms with Crippen LogP contribution in [0.25, 0.3) is 0 Å². The van der Waals surface area contributed by atoms with Gasteiger partial charge in [0.1, 0.15) is 25.4 Å². The van der Waals surface area contributed by atoms with Gasteiger partial charge in [-0.3, -0.25) is 32.5 Å². The zero-order chi connectivity index (χ0) is 78.0. The quantitative estimate of drug-likeness (QED) is 0.0146. The number of aliphatic hydroxyl groups is 2. The molecule has 0 saturated carbocycles. The SMILES string of the molecule is CC/C=C\C/C=C\C/C=C\C/C=C\C/C=C\CCCCCCCCCCCCCCCC(=O)OCC(O)COP(=O)(O)OCC(O)COP(=O)(O)OCC(COC(=O)CCCCCCCCCCCCC/C=C\C/C=C\C/C=C\C/C=C\C/C=C\CC)OC(=O)CCCCCCC/C=C\C/C=C\CCCCC. The van der Waals surface area contributed by atoms with Crippen molar-refractivity contribution in [2.24, 2.45) is 0 Å². The number of allylic oxidation sites excluding steroid dienone is 24. The third kappa shape index (κ3) is 82.2. The molecule has 0 aliphatic carbocycles. The van der Waals surface area contributed by atoms with Gasteiger partial charge in [0.2, 0.25) is 0 Å². The molecule has 0 aliphatic heterocycles. The minimum absolute atomic E-state index is 0.0858. The van der Waals surface area contributed by atoms with Gasteiger partial charge >= 0.3 is 33.6 Å². The molecule has 18 heteroatoms. The minimum atomic E-state index is -4.94. The molecule has 0 spiro atoms. The summed E-state index contributed by atoms with van der Waals surface area (Å²) in [6.45, 7) is 2.43. The maximum atomic E-state index is 13.0. The van der Waals surface area contributed by atoms with E-state index in [-0.39, 0.29) is 19.3 Å². The second-order valence-corrected chi connectivity index (χ2v) is 30.8. The Labute approximate surface area is 651 Å². The van der Waals surface area contributed by atoms with Crippen molar-refractivity contribution in [3.05, 3.63) is 146 Å². The number of phosphoric ester groups is 2. The molecule has 0 fully saturated rings. The Morgan fingerprint density at radius 1 is 0.271 bits per heavy atom. The lowest BCUT2D eigenvalue weighted by Crippen LogP contribution is -2.30. The van der Waals surface area contributed by atoms with E-state index in [0.717, 1.165) is 167 Å². The lowest BCUT2D eigenvalue weighted by molar-refractivity contribution is -0.161. The van der Waals surface area contributed by atoms with Crippen LogP contribution >= 0.6 is 15.6 Å². The van der Waals surface area contributed by atoms with Gasteiger partial charge in [-0.1, -0.05) is 327 Å². The van der Waals surface area contributed by atoms with E-state index in [1.807, 2.05) is 0 Å². The van der Waals surface area contributed by atoms with Crippen molar-refractivity contribution in [1.29, 1.82) is 0 Å². The summed E-state index contributed by atoms with van der Waals surface area (Å²) in [4.78, 5) is 58.8. The van der Waals surface area contributed by atoms with Gasteiger partial charge in [-0.05, 0) is 141 Å². The second kappa shape index (κ2) is 80.9. The molecule has 0 saturated heterocycles. The average molecular weight is 1540 g/mol. The molecule has 0 aromatic heterocycles. The van der Waals surface area contributed by atoms with Crippen molar-refractivity contribution < 1.29 is 75.8 Å². The Kier molecular flexibility index (Phi) is 77.5. The zero-order valence-electron chi connectivity index (χ0n) is 67.3. The highest BCUT2D eigenvalue weighted by molar-refractivity contribution is 7.47. The number of unbranched alkanes of at least 4 members (excludes halogenated alkanes) is 32. The number of ether oxygens (including phenoxy) is 3. The van der Waals surface area contributed by atoms with E-state index in [1.54, 1.807) is 0 Å². The summed E-state index contributed by atoms with van der Waals surface area (Å²) in [7, 11) is -9.80. The van der Waals surface area contributed by atoms with Crippen molar-refractivity contribution in [3.8, 4) is 0 Å². The molecule has 107 heavy (non-hydrogen) atoms. The van der Waals surface area contributed by atoms with Gasteiger partial charge in [-0.2, -0.15) is 0 Å². The lowest BCUT2D eigenvalue weighted by atomic mass is 10.0. The Morgan fingerprint density at radius 3 is 0.785 bits per heavy atom. The maximum absolute atomic E-state index is 13.0. The molecule has 614 valence electrons. The van der Waals surface area contributed by atoms with E-state index in [9.17, 15) is 43.5 Å². The van der Waals surface area contributed by atoms with Gasteiger partial charge in [0.15, 0.2) is 6.10 Å². The van der Waals surface area contributed by atoms with Crippen molar-refractivity contribution in [2.75, 3.05) is 39.6 Å². The highest BCUT2D eigenvalue weighted by Crippen LogP contribution is 2.45. The average Bonchev–Trinajstić information content (AvgIpc) is 0.914. The number of phosphoric acid groups is 2. The molecular weight excluding hydrogens is 1390 g/mol. The van der Waals surface area contributed by atoms with Crippen LogP contribution in [0.2, 0.25) is 0 Å². The molecule has 0 radical (unpaired) electrons. The first-order chi connectivity index (χ1) is 52.2. The Bertz CT molecular complexity index is 2530. The Hall–Kier alpha value is -4.57. The third-order valence-corrected chi connectivity index (χ3v) is 19.4. The lowest BCUT2D eigenvalue weighted by Gasteiger charge is -2.21. The normalized spacial score (nSPS) is 14.6. The molecule has 5 unspecified atom stereocenters. The van der Waals surface area contributed by atoms with Crippen LogP contribution in [-0.4, -0.2) is 95.9 Å². The fourth-order valence-electron chi connectivity index (χ4n) is 11.2. The summed E-state index contributed by atoms with van der Waals surface area (Å²) in [6, 6.07) is 0. The molecule has 0 heterocycles. The smallest absolute Gasteiger partial charge is 0.463 e.